The summed E-state index contributed by atoms with van der Waals surface area (Å²) in [6.45, 7) is 5.07. The van der Waals surface area contributed by atoms with Crippen LogP contribution in [0.2, 0.25) is 5.02 Å². The van der Waals surface area contributed by atoms with Gasteiger partial charge in [0.05, 0.1) is 12.5 Å². The SMILES string of the molecule is CC(C)CN(CCC#N)C(=O)c1cc(N)cc(Cl)c1. The summed E-state index contributed by atoms with van der Waals surface area (Å²) in [5.74, 6) is 0.192. The second-order valence-corrected chi connectivity index (χ2v) is 5.26. The number of nitrogen functional groups attached to an aromatic ring is 1. The van der Waals surface area contributed by atoms with Gasteiger partial charge in [0.25, 0.3) is 5.91 Å². The average Bonchev–Trinajstić information content (AvgIpc) is 2.32. The molecular weight excluding hydrogens is 262 g/mol. The molecule has 0 heterocycles. The van der Waals surface area contributed by atoms with E-state index in [9.17, 15) is 4.79 Å². The van der Waals surface area contributed by atoms with Crippen LogP contribution in [0.15, 0.2) is 18.2 Å². The molecule has 5 heteroatoms. The molecule has 0 spiro atoms. The van der Waals surface area contributed by atoms with E-state index in [1.165, 1.54) is 0 Å². The van der Waals surface area contributed by atoms with E-state index in [0.29, 0.717) is 41.7 Å². The minimum Gasteiger partial charge on any atom is -0.399 e. The molecule has 0 atom stereocenters. The Kier molecular flexibility index (Phi) is 5.65. The number of nitriles is 1. The van der Waals surface area contributed by atoms with Gasteiger partial charge in [0.1, 0.15) is 0 Å². The number of hydrogen-bond acceptors (Lipinski definition) is 3. The second-order valence-electron chi connectivity index (χ2n) is 4.83. The van der Waals surface area contributed by atoms with Crippen LogP contribution in [0, 0.1) is 17.2 Å². The molecule has 0 saturated carbocycles. The third-order valence-corrected chi connectivity index (χ3v) is 2.75. The third-order valence-electron chi connectivity index (χ3n) is 2.53. The Bertz CT molecular complexity index is 474. The first kappa shape index (κ1) is 15.3. The van der Waals surface area contributed by atoms with Crippen LogP contribution in [0.1, 0.15) is 30.6 Å². The largest absolute Gasteiger partial charge is 0.399 e. The maximum atomic E-state index is 12.4. The molecule has 0 radical (unpaired) electrons. The van der Waals surface area contributed by atoms with Gasteiger partial charge in [-0.15, -0.1) is 0 Å². The number of rotatable bonds is 5. The number of halogens is 1. The van der Waals surface area contributed by atoms with Crippen molar-refractivity contribution in [1.29, 1.82) is 5.26 Å². The Morgan fingerprint density at radius 1 is 1.47 bits per heavy atom. The molecular formula is C14H18ClN3O. The Hall–Kier alpha value is -1.73. The molecule has 2 N–H and O–H groups in total. The number of carbonyl (C=O) groups is 1. The first-order valence-corrected chi connectivity index (χ1v) is 6.54. The summed E-state index contributed by atoms with van der Waals surface area (Å²) in [6.07, 6.45) is 0.314. The van der Waals surface area contributed by atoms with Crippen molar-refractivity contribution in [2.45, 2.75) is 20.3 Å². The van der Waals surface area contributed by atoms with Crippen molar-refractivity contribution >= 4 is 23.2 Å². The number of carbonyl (C=O) groups excluding carboxylic acids is 1. The molecule has 102 valence electrons. The normalized spacial score (nSPS) is 10.3. The number of hydrogen-bond donors (Lipinski definition) is 1. The summed E-state index contributed by atoms with van der Waals surface area (Å²) in [6, 6.07) is 6.86. The highest BCUT2D eigenvalue weighted by atomic mass is 35.5. The topological polar surface area (TPSA) is 70.1 Å². The van der Waals surface area contributed by atoms with Gasteiger partial charge < -0.3 is 10.6 Å². The first-order chi connectivity index (χ1) is 8.93. The van der Waals surface area contributed by atoms with Gasteiger partial charge in [0, 0.05) is 29.4 Å². The molecule has 0 aromatic heterocycles. The van der Waals surface area contributed by atoms with E-state index >= 15 is 0 Å². The van der Waals surface area contributed by atoms with E-state index in [1.807, 2.05) is 13.8 Å². The van der Waals surface area contributed by atoms with Gasteiger partial charge in [0.15, 0.2) is 0 Å². The molecule has 19 heavy (non-hydrogen) atoms. The van der Waals surface area contributed by atoms with Crippen molar-refractivity contribution in [3.63, 3.8) is 0 Å². The highest BCUT2D eigenvalue weighted by molar-refractivity contribution is 6.31. The fourth-order valence-corrected chi connectivity index (χ4v) is 2.06. The maximum Gasteiger partial charge on any atom is 0.254 e. The van der Waals surface area contributed by atoms with Crippen LogP contribution < -0.4 is 5.73 Å². The number of nitrogens with zero attached hydrogens (tertiary/aromatic N) is 2. The van der Waals surface area contributed by atoms with Crippen molar-refractivity contribution in [2.24, 2.45) is 5.92 Å². The molecule has 0 unspecified atom stereocenters. The number of nitrogens with two attached hydrogens (primary N) is 1. The summed E-state index contributed by atoms with van der Waals surface area (Å²) in [7, 11) is 0. The summed E-state index contributed by atoms with van der Waals surface area (Å²) in [5, 5.41) is 9.10. The predicted octanol–water partition coefficient (Wildman–Crippen LogP) is 2.93. The average molecular weight is 280 g/mol. The molecule has 0 aliphatic carbocycles. The maximum absolute atomic E-state index is 12.4. The fourth-order valence-electron chi connectivity index (χ4n) is 1.82. The lowest BCUT2D eigenvalue weighted by Crippen LogP contribution is -2.35. The molecule has 1 aromatic carbocycles. The summed E-state index contributed by atoms with van der Waals surface area (Å²) in [5.41, 5.74) is 6.61. The second kappa shape index (κ2) is 7.01. The van der Waals surface area contributed by atoms with Crippen LogP contribution in [-0.4, -0.2) is 23.9 Å². The first-order valence-electron chi connectivity index (χ1n) is 6.16. The summed E-state index contributed by atoms with van der Waals surface area (Å²) < 4.78 is 0. The molecule has 0 aliphatic rings. The Morgan fingerprint density at radius 2 is 2.16 bits per heavy atom. The van der Waals surface area contributed by atoms with Crippen molar-refractivity contribution < 1.29 is 4.79 Å². The molecule has 0 saturated heterocycles. The molecule has 4 nitrogen and oxygen atoms in total. The van der Waals surface area contributed by atoms with E-state index < -0.39 is 0 Å². The monoisotopic (exact) mass is 279 g/mol. The molecule has 1 rings (SSSR count). The van der Waals surface area contributed by atoms with Gasteiger partial charge in [-0.05, 0) is 24.1 Å². The van der Waals surface area contributed by atoms with Gasteiger partial charge in [-0.1, -0.05) is 25.4 Å². The van der Waals surface area contributed by atoms with E-state index in [4.69, 9.17) is 22.6 Å². The van der Waals surface area contributed by atoms with E-state index in [1.54, 1.807) is 23.1 Å². The Morgan fingerprint density at radius 3 is 2.68 bits per heavy atom. The Labute approximate surface area is 118 Å². The van der Waals surface area contributed by atoms with Crippen molar-refractivity contribution in [1.82, 2.24) is 4.90 Å². The molecule has 0 fully saturated rings. The van der Waals surface area contributed by atoms with Crippen molar-refractivity contribution in [2.75, 3.05) is 18.8 Å². The lowest BCUT2D eigenvalue weighted by molar-refractivity contribution is 0.0740. The highest BCUT2D eigenvalue weighted by Crippen LogP contribution is 2.18. The minimum absolute atomic E-state index is 0.141. The third kappa shape index (κ3) is 4.80. The predicted molar refractivity (Wildman–Crippen MR) is 76.8 cm³/mol. The van der Waals surface area contributed by atoms with E-state index in [2.05, 4.69) is 6.07 Å². The van der Waals surface area contributed by atoms with Crippen molar-refractivity contribution in [3.05, 3.63) is 28.8 Å². The van der Waals surface area contributed by atoms with Gasteiger partial charge >= 0.3 is 0 Å². The van der Waals surface area contributed by atoms with Gasteiger partial charge in [-0.3, -0.25) is 4.79 Å². The lowest BCUT2D eigenvalue weighted by Gasteiger charge is -2.24. The number of amides is 1. The highest BCUT2D eigenvalue weighted by Gasteiger charge is 2.17. The molecule has 1 aromatic rings. The van der Waals surface area contributed by atoms with Crippen LogP contribution in [0.3, 0.4) is 0 Å². The zero-order valence-corrected chi connectivity index (χ0v) is 11.9. The van der Waals surface area contributed by atoms with Crippen LogP contribution in [0.4, 0.5) is 5.69 Å². The van der Waals surface area contributed by atoms with Crippen LogP contribution >= 0.6 is 11.6 Å². The van der Waals surface area contributed by atoms with Crippen LogP contribution in [0.25, 0.3) is 0 Å². The fraction of sp³-hybridized carbons (Fsp3) is 0.429. The zero-order valence-electron chi connectivity index (χ0n) is 11.2. The smallest absolute Gasteiger partial charge is 0.254 e. The zero-order chi connectivity index (χ0) is 14.4. The van der Waals surface area contributed by atoms with Crippen LogP contribution in [0.5, 0.6) is 0 Å². The summed E-state index contributed by atoms with van der Waals surface area (Å²) in [4.78, 5) is 14.1. The van der Waals surface area contributed by atoms with Crippen LogP contribution in [-0.2, 0) is 0 Å². The molecule has 0 aliphatic heterocycles. The standard InChI is InChI=1S/C14H18ClN3O/c1-10(2)9-18(5-3-4-16)14(19)11-6-12(15)8-13(17)7-11/h6-8,10H,3,5,9,17H2,1-2H3. The van der Waals surface area contributed by atoms with E-state index in [-0.39, 0.29) is 5.91 Å². The quantitative estimate of drug-likeness (QED) is 0.843. The summed E-state index contributed by atoms with van der Waals surface area (Å²) >= 11 is 5.91. The van der Waals surface area contributed by atoms with Gasteiger partial charge in [-0.2, -0.15) is 5.26 Å². The number of anilines is 1. The minimum atomic E-state index is -0.141. The Balaban J connectivity index is 2.94. The van der Waals surface area contributed by atoms with E-state index in [0.717, 1.165) is 0 Å². The van der Waals surface area contributed by atoms with Gasteiger partial charge in [-0.25, -0.2) is 0 Å². The molecule has 1 amide bonds. The molecule has 0 bridgehead atoms. The lowest BCUT2D eigenvalue weighted by atomic mass is 10.1. The number of benzene rings is 1. The van der Waals surface area contributed by atoms with Crippen molar-refractivity contribution in [3.8, 4) is 6.07 Å². The van der Waals surface area contributed by atoms with Gasteiger partial charge in [0.2, 0.25) is 0 Å².